The van der Waals surface area contributed by atoms with Crippen molar-refractivity contribution in [3.63, 3.8) is 0 Å². The maximum Gasteiger partial charge on any atom is 0.271 e. The summed E-state index contributed by atoms with van der Waals surface area (Å²) in [5.41, 5.74) is 1.10. The number of aliphatic imine (C=N–C) groups is 1. The summed E-state index contributed by atoms with van der Waals surface area (Å²) in [6.07, 6.45) is -1.12. The monoisotopic (exact) mass is 814 g/mol. The fourth-order valence-electron chi connectivity index (χ4n) is 6.05. The predicted molar refractivity (Wildman–Crippen MR) is 208 cm³/mol. The first-order valence-corrected chi connectivity index (χ1v) is 21.8. The Morgan fingerprint density at radius 1 is 0.778 bits per heavy atom. The number of thiazole rings is 2. The maximum absolute atomic E-state index is 13.9. The lowest BCUT2D eigenvalue weighted by atomic mass is 10.0. The second-order valence-corrected chi connectivity index (χ2v) is 18.0. The molecule has 5 heterocycles. The number of nitrogens with one attached hydrogen (secondary N) is 5. The minimum absolute atomic E-state index is 0.0438. The molecule has 0 saturated carbocycles. The van der Waals surface area contributed by atoms with Gasteiger partial charge in [0.05, 0.1) is 18.2 Å². The lowest BCUT2D eigenvalue weighted by Crippen LogP contribution is -2.58. The minimum Gasteiger partial charge on any atom is -0.474 e. The molecule has 8 atom stereocenters. The summed E-state index contributed by atoms with van der Waals surface area (Å²) in [6.45, 7) is 7.07. The number of rotatable bonds is 5. The van der Waals surface area contributed by atoms with Crippen LogP contribution in [0.25, 0.3) is 0 Å². The van der Waals surface area contributed by atoms with Gasteiger partial charge in [-0.05, 0) is 38.2 Å². The quantitative estimate of drug-likeness (QED) is 0.206. The predicted octanol–water partition coefficient (Wildman–Crippen LogP) is 2.56. The van der Waals surface area contributed by atoms with Crippen molar-refractivity contribution in [2.75, 3.05) is 11.5 Å². The first kappa shape index (κ1) is 39.6. The number of amides is 5. The number of benzene rings is 1. The van der Waals surface area contributed by atoms with Gasteiger partial charge in [-0.3, -0.25) is 24.0 Å². The second-order valence-electron chi connectivity index (χ2n) is 13.7. The van der Waals surface area contributed by atoms with Gasteiger partial charge in [0, 0.05) is 22.3 Å². The molecule has 5 amide bonds. The number of aromatic nitrogens is 2. The Labute approximate surface area is 328 Å². The van der Waals surface area contributed by atoms with Crippen LogP contribution in [0.1, 0.15) is 82.8 Å². The highest BCUT2D eigenvalue weighted by Gasteiger charge is 2.39. The van der Waals surface area contributed by atoms with Crippen LogP contribution in [-0.4, -0.2) is 98.4 Å². The van der Waals surface area contributed by atoms with E-state index >= 15 is 0 Å². The number of aliphatic hydroxyl groups excluding tert-OH is 1. The summed E-state index contributed by atoms with van der Waals surface area (Å²) in [5, 5.41) is 29.1. The zero-order chi connectivity index (χ0) is 38.5. The summed E-state index contributed by atoms with van der Waals surface area (Å²) in [5.74, 6) is -2.33. The van der Waals surface area contributed by atoms with Crippen molar-refractivity contribution in [2.45, 2.75) is 89.0 Å². The molecule has 0 saturated heterocycles. The van der Waals surface area contributed by atoms with Crippen LogP contribution in [0.4, 0.5) is 0 Å². The van der Waals surface area contributed by atoms with Crippen molar-refractivity contribution in [3.05, 3.63) is 68.1 Å². The molecule has 3 aromatic rings. The van der Waals surface area contributed by atoms with E-state index in [2.05, 4.69) is 41.5 Å². The molecule has 0 fully saturated rings. The Morgan fingerprint density at radius 3 is 2.00 bits per heavy atom. The third kappa shape index (κ3) is 9.60. The van der Waals surface area contributed by atoms with Crippen molar-refractivity contribution >= 4 is 79.7 Å². The van der Waals surface area contributed by atoms with E-state index in [4.69, 9.17) is 4.74 Å². The SMILES string of the molecule is CC(C)C[C@H]1NC(=O)C([C@H](C)O)NC(=O)C2CSSCC(NC(=O)c3csc1n3)C1=N[C@H](C(=O)N[C@H](Cc3ccccc3)c3nc(cs3)C(=O)N2)[C@@H](C)O1. The number of nitrogens with zero attached hydrogens (tertiary/aromatic N) is 3. The zero-order valence-corrected chi connectivity index (χ0v) is 33.2. The van der Waals surface area contributed by atoms with Crippen LogP contribution >= 0.6 is 44.3 Å². The molecule has 8 bridgehead atoms. The first-order valence-electron chi connectivity index (χ1n) is 17.5. The highest BCUT2D eigenvalue weighted by atomic mass is 33.1. The normalized spacial score (nSPS) is 27.6. The van der Waals surface area contributed by atoms with Crippen LogP contribution in [-0.2, 0) is 25.5 Å². The number of hydrogen-bond acceptors (Lipinski definition) is 14. The van der Waals surface area contributed by atoms with Gasteiger partial charge in [0.1, 0.15) is 45.6 Å². The van der Waals surface area contributed by atoms with Crippen molar-refractivity contribution < 1.29 is 33.8 Å². The highest BCUT2D eigenvalue weighted by Crippen LogP contribution is 2.29. The van der Waals surface area contributed by atoms with Crippen LogP contribution < -0.4 is 26.6 Å². The molecular formula is C35H42N8O7S4. The number of carbonyl (C=O) groups excluding carboxylic acids is 5. The molecular weight excluding hydrogens is 773 g/mol. The molecule has 0 aliphatic carbocycles. The highest BCUT2D eigenvalue weighted by molar-refractivity contribution is 8.76. The number of fused-ring (bicyclic) bond motifs is 11. The molecule has 2 aromatic heterocycles. The molecule has 6 rings (SSSR count). The molecule has 288 valence electrons. The van der Waals surface area contributed by atoms with Crippen molar-refractivity contribution in [3.8, 4) is 0 Å². The summed E-state index contributed by atoms with van der Waals surface area (Å²) >= 11 is 2.39. The largest absolute Gasteiger partial charge is 0.474 e. The van der Waals surface area contributed by atoms with E-state index in [9.17, 15) is 29.1 Å². The van der Waals surface area contributed by atoms with Gasteiger partial charge >= 0.3 is 0 Å². The van der Waals surface area contributed by atoms with E-state index in [0.717, 1.165) is 5.56 Å². The minimum atomic E-state index is -1.37. The van der Waals surface area contributed by atoms with Gasteiger partial charge in [0.25, 0.3) is 11.8 Å². The van der Waals surface area contributed by atoms with Gasteiger partial charge in [0.2, 0.25) is 23.6 Å². The zero-order valence-electron chi connectivity index (χ0n) is 29.9. The van der Waals surface area contributed by atoms with Crippen molar-refractivity contribution in [1.29, 1.82) is 0 Å². The van der Waals surface area contributed by atoms with Gasteiger partial charge in [0.15, 0.2) is 6.04 Å². The molecule has 3 aliphatic rings. The van der Waals surface area contributed by atoms with Crippen molar-refractivity contribution in [2.24, 2.45) is 10.9 Å². The van der Waals surface area contributed by atoms with Gasteiger partial charge in [-0.2, -0.15) is 0 Å². The fourth-order valence-corrected chi connectivity index (χ4v) is 10.1. The van der Waals surface area contributed by atoms with Crippen LogP contribution in [0.15, 0.2) is 46.1 Å². The standard InChI is InChI=1S/C35H42N8O7S4/c1-16(2)10-20-34-40-23(13-51-34)29(46)39-25-15-54-53-14-24(30(47)42-26(17(3)44)31(48)36-20)38-28(45)22-12-52-35(41-22)21(11-19-8-6-5-7-9-19)37-32(49)27-18(4)50-33(25)43-27/h5-9,12-13,16-18,20-21,24-27,44H,10-11,14-15H2,1-4H3,(H,36,48)(H,37,49)(H,38,45)(H,39,46)(H,42,47)/t17-,18+,20+,21+,24?,25?,26?,27-/m0/s1. The summed E-state index contributed by atoms with van der Waals surface area (Å²) in [7, 11) is 2.53. The van der Waals surface area contributed by atoms with Gasteiger partial charge in [-0.15, -0.1) is 22.7 Å². The molecule has 54 heavy (non-hydrogen) atoms. The average molecular weight is 815 g/mol. The van der Waals surface area contributed by atoms with Gasteiger partial charge < -0.3 is 36.4 Å². The van der Waals surface area contributed by atoms with Crippen LogP contribution in [0.3, 0.4) is 0 Å². The Kier molecular flexibility index (Phi) is 12.9. The van der Waals surface area contributed by atoms with Gasteiger partial charge in [-0.25, -0.2) is 15.0 Å². The topological polar surface area (TPSA) is 213 Å². The van der Waals surface area contributed by atoms with Crippen LogP contribution in [0.2, 0.25) is 0 Å². The number of ether oxygens (including phenoxy) is 1. The molecule has 0 spiro atoms. The number of aliphatic hydroxyl groups is 1. The van der Waals surface area contributed by atoms with Crippen LogP contribution in [0.5, 0.6) is 0 Å². The third-order valence-corrected chi connectivity index (χ3v) is 13.2. The number of hydrogen-bond donors (Lipinski definition) is 6. The van der Waals surface area contributed by atoms with E-state index in [-0.39, 0.29) is 34.7 Å². The molecule has 6 N–H and O–H groups in total. The molecule has 0 radical (unpaired) electrons. The molecule has 19 heteroatoms. The van der Waals surface area contributed by atoms with Crippen molar-refractivity contribution in [1.82, 2.24) is 36.6 Å². The molecule has 3 unspecified atom stereocenters. The molecule has 15 nitrogen and oxygen atoms in total. The third-order valence-electron chi connectivity index (χ3n) is 8.85. The summed E-state index contributed by atoms with van der Waals surface area (Å²) < 4.78 is 6.15. The Bertz CT molecular complexity index is 1890. The fraction of sp³-hybridized carbons (Fsp3) is 0.486. The van der Waals surface area contributed by atoms with E-state index in [1.165, 1.54) is 51.2 Å². The lowest BCUT2D eigenvalue weighted by Gasteiger charge is -2.27. The Morgan fingerprint density at radius 2 is 1.37 bits per heavy atom. The van der Waals surface area contributed by atoms with E-state index in [0.29, 0.717) is 22.9 Å². The molecule has 1 aromatic carbocycles. The van der Waals surface area contributed by atoms with E-state index in [1.54, 1.807) is 17.7 Å². The van der Waals surface area contributed by atoms with E-state index < -0.39 is 78.0 Å². The Balaban J connectivity index is 1.41. The number of carbonyl (C=O) groups is 5. The average Bonchev–Trinajstić information content (AvgIpc) is 3.90. The summed E-state index contributed by atoms with van der Waals surface area (Å²) in [4.78, 5) is 82.7. The second kappa shape index (κ2) is 17.6. The summed E-state index contributed by atoms with van der Waals surface area (Å²) in [6, 6.07) is 4.00. The Hall–Kier alpha value is -4.04. The first-order chi connectivity index (χ1) is 25.9. The van der Waals surface area contributed by atoms with E-state index in [1.807, 2.05) is 44.2 Å². The van der Waals surface area contributed by atoms with Crippen LogP contribution in [0, 0.1) is 5.92 Å². The maximum atomic E-state index is 13.9. The van der Waals surface area contributed by atoms with Gasteiger partial charge in [-0.1, -0.05) is 65.8 Å². The smallest absolute Gasteiger partial charge is 0.271 e. The molecule has 3 aliphatic heterocycles. The lowest BCUT2D eigenvalue weighted by molar-refractivity contribution is -0.132.